The van der Waals surface area contributed by atoms with Crippen LogP contribution >= 0.6 is 11.3 Å². The number of thiazole rings is 1. The van der Waals surface area contributed by atoms with Crippen molar-refractivity contribution in [3.63, 3.8) is 0 Å². The molecule has 2 nitrogen and oxygen atoms in total. The van der Waals surface area contributed by atoms with E-state index in [0.717, 1.165) is 12.2 Å². The van der Waals surface area contributed by atoms with Crippen molar-refractivity contribution >= 4 is 17.4 Å². The van der Waals surface area contributed by atoms with E-state index >= 15 is 0 Å². The molecule has 0 aromatic carbocycles. The third kappa shape index (κ3) is 5.32. The molecule has 0 saturated heterocycles. The lowest BCUT2D eigenvalue weighted by Gasteiger charge is -2.20. The van der Waals surface area contributed by atoms with Crippen molar-refractivity contribution in [1.29, 1.82) is 0 Å². The van der Waals surface area contributed by atoms with Gasteiger partial charge in [0, 0.05) is 22.9 Å². The van der Waals surface area contributed by atoms with Crippen LogP contribution in [0.2, 0.25) is 0 Å². The molecule has 0 aliphatic carbocycles. The molecule has 0 aliphatic heterocycles. The van der Waals surface area contributed by atoms with Crippen LogP contribution in [0.4, 0.5) is 0 Å². The van der Waals surface area contributed by atoms with Crippen molar-refractivity contribution in [3.05, 3.63) is 21.7 Å². The van der Waals surface area contributed by atoms with Gasteiger partial charge < -0.3 is 5.32 Å². The largest absolute Gasteiger partial charge is 0.308 e. The first-order valence-corrected chi connectivity index (χ1v) is 7.34. The van der Waals surface area contributed by atoms with E-state index in [2.05, 4.69) is 70.2 Å². The molecule has 0 amide bonds. The highest BCUT2D eigenvalue weighted by Gasteiger charge is 2.17. The minimum Gasteiger partial charge on any atom is -0.308 e. The predicted molar refractivity (Wildman–Crippen MR) is 82.2 cm³/mol. The van der Waals surface area contributed by atoms with E-state index < -0.39 is 0 Å². The molecule has 1 aromatic heterocycles. The number of hydrogen-bond acceptors (Lipinski definition) is 3. The predicted octanol–water partition coefficient (Wildman–Crippen LogP) is 4.23. The highest BCUT2D eigenvalue weighted by Crippen LogP contribution is 2.26. The molecule has 0 radical (unpaired) electrons. The minimum atomic E-state index is 0.147. The molecular weight excluding hydrogens is 240 g/mol. The van der Waals surface area contributed by atoms with E-state index in [4.69, 9.17) is 0 Å². The fourth-order valence-electron chi connectivity index (χ4n) is 1.40. The van der Waals surface area contributed by atoms with Gasteiger partial charge in [0.05, 0.1) is 10.7 Å². The van der Waals surface area contributed by atoms with Crippen molar-refractivity contribution in [1.82, 2.24) is 10.3 Å². The third-order valence-electron chi connectivity index (χ3n) is 2.46. The molecule has 1 heterocycles. The summed E-state index contributed by atoms with van der Waals surface area (Å²) in [7, 11) is 0. The van der Waals surface area contributed by atoms with Crippen LogP contribution in [0.1, 0.15) is 59.2 Å². The van der Waals surface area contributed by atoms with E-state index in [-0.39, 0.29) is 11.0 Å². The zero-order chi connectivity index (χ0) is 14.0. The van der Waals surface area contributed by atoms with Crippen molar-refractivity contribution in [2.45, 2.75) is 59.4 Å². The highest BCUT2D eigenvalue weighted by atomic mass is 32.1. The quantitative estimate of drug-likeness (QED) is 0.885. The summed E-state index contributed by atoms with van der Waals surface area (Å²) in [4.78, 5) is 4.68. The van der Waals surface area contributed by atoms with E-state index in [0.29, 0.717) is 0 Å². The Morgan fingerprint density at radius 2 is 1.89 bits per heavy atom. The van der Waals surface area contributed by atoms with Gasteiger partial charge >= 0.3 is 0 Å². The first kappa shape index (κ1) is 15.4. The van der Waals surface area contributed by atoms with Gasteiger partial charge in [-0.2, -0.15) is 0 Å². The molecule has 0 unspecified atom stereocenters. The minimum absolute atomic E-state index is 0.147. The second-order valence-electron chi connectivity index (χ2n) is 6.92. The van der Waals surface area contributed by atoms with Crippen LogP contribution in [-0.4, -0.2) is 17.1 Å². The standard InChI is InChI=1S/C15H26N2S/c1-11(9-16-15(5,6)7)8-12-10-18-13(17-12)14(2,3)4/h8,10,16H,9H2,1-7H3. The Bertz CT molecular complexity index is 416. The molecule has 1 aromatic rings. The average Bonchev–Trinajstić information content (AvgIpc) is 2.61. The number of aromatic nitrogens is 1. The third-order valence-corrected chi connectivity index (χ3v) is 3.74. The molecule has 3 heteroatoms. The summed E-state index contributed by atoms with van der Waals surface area (Å²) in [6, 6.07) is 0. The normalized spacial score (nSPS) is 14.1. The fourth-order valence-corrected chi connectivity index (χ4v) is 2.27. The molecule has 0 aliphatic rings. The van der Waals surface area contributed by atoms with Crippen molar-refractivity contribution < 1.29 is 0 Å². The number of hydrogen-bond donors (Lipinski definition) is 1. The van der Waals surface area contributed by atoms with Crippen LogP contribution in [0.25, 0.3) is 6.08 Å². The van der Waals surface area contributed by atoms with E-state index in [9.17, 15) is 0 Å². The van der Waals surface area contributed by atoms with Gasteiger partial charge in [-0.3, -0.25) is 0 Å². The average molecular weight is 266 g/mol. The van der Waals surface area contributed by atoms with Gasteiger partial charge in [0.25, 0.3) is 0 Å². The van der Waals surface area contributed by atoms with Crippen molar-refractivity contribution in [3.8, 4) is 0 Å². The molecule has 102 valence electrons. The molecular formula is C15H26N2S. The molecule has 1 rings (SSSR count). The summed E-state index contributed by atoms with van der Waals surface area (Å²) in [5, 5.41) is 6.83. The van der Waals surface area contributed by atoms with Gasteiger partial charge in [-0.25, -0.2) is 4.98 Å². The van der Waals surface area contributed by atoms with Gasteiger partial charge in [-0.1, -0.05) is 26.3 Å². The van der Waals surface area contributed by atoms with Crippen LogP contribution in [0.5, 0.6) is 0 Å². The summed E-state index contributed by atoms with van der Waals surface area (Å²) < 4.78 is 0. The smallest absolute Gasteiger partial charge is 0.0985 e. The maximum absolute atomic E-state index is 4.68. The molecule has 0 saturated carbocycles. The van der Waals surface area contributed by atoms with Gasteiger partial charge in [0.1, 0.15) is 0 Å². The molecule has 0 spiro atoms. The molecule has 0 bridgehead atoms. The Hall–Kier alpha value is -0.670. The second-order valence-corrected chi connectivity index (χ2v) is 7.78. The number of nitrogens with zero attached hydrogens (tertiary/aromatic N) is 1. The SMILES string of the molecule is CC(=Cc1csc(C(C)(C)C)n1)CNC(C)(C)C. The van der Waals surface area contributed by atoms with Gasteiger partial charge in [-0.15, -0.1) is 11.3 Å². The van der Waals surface area contributed by atoms with Crippen LogP contribution < -0.4 is 5.32 Å². The topological polar surface area (TPSA) is 24.9 Å². The first-order chi connectivity index (χ1) is 8.08. The summed E-state index contributed by atoms with van der Waals surface area (Å²) in [5.74, 6) is 0. The molecule has 0 fully saturated rings. The van der Waals surface area contributed by atoms with Crippen LogP contribution in [0.15, 0.2) is 11.0 Å². The maximum atomic E-state index is 4.68. The van der Waals surface area contributed by atoms with Gasteiger partial charge in [0.2, 0.25) is 0 Å². The highest BCUT2D eigenvalue weighted by molar-refractivity contribution is 7.09. The Kier molecular flexibility index (Phi) is 4.73. The zero-order valence-electron chi connectivity index (χ0n) is 12.7. The first-order valence-electron chi connectivity index (χ1n) is 6.46. The number of nitrogens with one attached hydrogen (secondary N) is 1. The summed E-state index contributed by atoms with van der Waals surface area (Å²) >= 11 is 1.75. The summed E-state index contributed by atoms with van der Waals surface area (Å²) in [6.07, 6.45) is 2.17. The van der Waals surface area contributed by atoms with Crippen LogP contribution in [0, 0.1) is 0 Å². The van der Waals surface area contributed by atoms with Gasteiger partial charge in [0.15, 0.2) is 0 Å². The second kappa shape index (κ2) is 5.54. The monoisotopic (exact) mass is 266 g/mol. The van der Waals surface area contributed by atoms with Crippen molar-refractivity contribution in [2.75, 3.05) is 6.54 Å². The molecule has 18 heavy (non-hydrogen) atoms. The molecule has 0 atom stereocenters. The Morgan fingerprint density at radius 1 is 1.28 bits per heavy atom. The van der Waals surface area contributed by atoms with Gasteiger partial charge in [-0.05, 0) is 33.8 Å². The Labute approximate surface area is 116 Å². The zero-order valence-corrected chi connectivity index (χ0v) is 13.5. The molecule has 1 N–H and O–H groups in total. The van der Waals surface area contributed by atoms with E-state index in [1.54, 1.807) is 11.3 Å². The summed E-state index contributed by atoms with van der Waals surface area (Å²) in [6.45, 7) is 16.2. The lowest BCUT2D eigenvalue weighted by Crippen LogP contribution is -2.36. The Morgan fingerprint density at radius 3 is 2.33 bits per heavy atom. The van der Waals surface area contributed by atoms with Crippen LogP contribution in [-0.2, 0) is 5.41 Å². The van der Waals surface area contributed by atoms with Crippen molar-refractivity contribution in [2.24, 2.45) is 0 Å². The summed E-state index contributed by atoms with van der Waals surface area (Å²) in [5.41, 5.74) is 2.70. The Balaban J connectivity index is 2.69. The fraction of sp³-hybridized carbons (Fsp3) is 0.667. The lowest BCUT2D eigenvalue weighted by molar-refractivity contribution is 0.445. The number of rotatable bonds is 3. The maximum Gasteiger partial charge on any atom is 0.0985 e. The van der Waals surface area contributed by atoms with E-state index in [1.165, 1.54) is 10.6 Å². The lowest BCUT2D eigenvalue weighted by atomic mass is 9.98. The van der Waals surface area contributed by atoms with Crippen LogP contribution in [0.3, 0.4) is 0 Å². The van der Waals surface area contributed by atoms with E-state index in [1.807, 2.05) is 0 Å².